The monoisotopic (exact) mass is 407 g/mol. The predicted molar refractivity (Wildman–Crippen MR) is 113 cm³/mol. The molecular formula is C22H25N5O3. The average molecular weight is 407 g/mol. The molecule has 1 atom stereocenters. The molecule has 3 N–H and O–H groups in total. The Bertz CT molecular complexity index is 1060. The second kappa shape index (κ2) is 9.17. The van der Waals surface area contributed by atoms with Crippen LogP contribution in [0, 0.1) is 0 Å². The van der Waals surface area contributed by atoms with Crippen LogP contribution in [0.4, 0.5) is 0 Å². The number of aromatic nitrogens is 3. The van der Waals surface area contributed by atoms with Gasteiger partial charge in [0.25, 0.3) is 5.91 Å². The first-order valence-corrected chi connectivity index (χ1v) is 10.1. The summed E-state index contributed by atoms with van der Waals surface area (Å²) < 4.78 is 1.91. The molecule has 0 radical (unpaired) electrons. The van der Waals surface area contributed by atoms with Crippen LogP contribution >= 0.6 is 0 Å². The summed E-state index contributed by atoms with van der Waals surface area (Å²) in [5.74, 6) is -0.553. The zero-order valence-corrected chi connectivity index (χ0v) is 16.6. The lowest BCUT2D eigenvalue weighted by molar-refractivity contribution is -0.124. The number of amides is 1. The van der Waals surface area contributed by atoms with Gasteiger partial charge in [0.15, 0.2) is 0 Å². The second-order valence-corrected chi connectivity index (χ2v) is 7.38. The molecule has 1 aliphatic rings. The fourth-order valence-corrected chi connectivity index (χ4v) is 4.16. The number of fused-ring (bicyclic) bond motifs is 2. The fraction of sp³-hybridized carbons (Fsp3) is 0.318. The highest BCUT2D eigenvalue weighted by Gasteiger charge is 2.27. The molecule has 0 aliphatic heterocycles. The van der Waals surface area contributed by atoms with E-state index in [2.05, 4.69) is 27.3 Å². The van der Waals surface area contributed by atoms with Crippen LogP contribution in [-0.2, 0) is 17.8 Å². The molecule has 8 nitrogen and oxygen atoms in total. The number of aliphatic hydroxyl groups is 1. The SMILES string of the molecule is O=C(C=Cc1ccc2c(c1)CCC2N(CCO)CCn1nnc2ccccc21)NO. The van der Waals surface area contributed by atoms with Gasteiger partial charge in [-0.1, -0.05) is 35.5 Å². The first-order valence-electron chi connectivity index (χ1n) is 10.1. The minimum atomic E-state index is -0.553. The highest BCUT2D eigenvalue weighted by Crippen LogP contribution is 2.36. The fourth-order valence-electron chi connectivity index (χ4n) is 4.16. The van der Waals surface area contributed by atoms with Gasteiger partial charge in [-0.15, -0.1) is 5.10 Å². The summed E-state index contributed by atoms with van der Waals surface area (Å²) in [4.78, 5) is 13.5. The minimum Gasteiger partial charge on any atom is -0.395 e. The Morgan fingerprint density at radius 2 is 2.13 bits per heavy atom. The van der Waals surface area contributed by atoms with Gasteiger partial charge in [0.05, 0.1) is 18.7 Å². The number of para-hydroxylation sites is 1. The summed E-state index contributed by atoms with van der Waals surface area (Å²) in [5, 5.41) is 26.7. The van der Waals surface area contributed by atoms with E-state index in [1.807, 2.05) is 35.0 Å². The van der Waals surface area contributed by atoms with Crippen molar-refractivity contribution < 1.29 is 15.1 Å². The van der Waals surface area contributed by atoms with Crippen molar-refractivity contribution in [1.29, 1.82) is 0 Å². The maximum atomic E-state index is 11.2. The summed E-state index contributed by atoms with van der Waals surface area (Å²) in [6.07, 6.45) is 4.91. The summed E-state index contributed by atoms with van der Waals surface area (Å²) in [6, 6.07) is 14.3. The number of carbonyl (C=O) groups is 1. The van der Waals surface area contributed by atoms with Crippen molar-refractivity contribution in [2.75, 3.05) is 19.7 Å². The molecular weight excluding hydrogens is 382 g/mol. The van der Waals surface area contributed by atoms with Crippen molar-refractivity contribution in [2.24, 2.45) is 0 Å². The second-order valence-electron chi connectivity index (χ2n) is 7.38. The molecule has 2 aromatic carbocycles. The van der Waals surface area contributed by atoms with E-state index in [1.165, 1.54) is 17.2 Å². The van der Waals surface area contributed by atoms with Crippen LogP contribution < -0.4 is 5.48 Å². The van der Waals surface area contributed by atoms with Gasteiger partial charge >= 0.3 is 0 Å². The van der Waals surface area contributed by atoms with Crippen LogP contribution in [0.15, 0.2) is 48.5 Å². The van der Waals surface area contributed by atoms with Crippen molar-refractivity contribution in [3.05, 3.63) is 65.2 Å². The van der Waals surface area contributed by atoms with Gasteiger partial charge in [-0.3, -0.25) is 14.9 Å². The molecule has 0 saturated carbocycles. The van der Waals surface area contributed by atoms with Gasteiger partial charge in [-0.25, -0.2) is 10.2 Å². The number of carbonyl (C=O) groups excluding carboxylic acids is 1. The minimum absolute atomic E-state index is 0.0982. The summed E-state index contributed by atoms with van der Waals surface area (Å²) in [5.41, 5.74) is 6.91. The quantitative estimate of drug-likeness (QED) is 0.300. The van der Waals surface area contributed by atoms with Crippen molar-refractivity contribution in [3.63, 3.8) is 0 Å². The van der Waals surface area contributed by atoms with Crippen molar-refractivity contribution in [2.45, 2.75) is 25.4 Å². The predicted octanol–water partition coefficient (Wildman–Crippen LogP) is 1.93. The number of hydrogen-bond donors (Lipinski definition) is 3. The third kappa shape index (κ3) is 4.25. The molecule has 0 bridgehead atoms. The Morgan fingerprint density at radius 3 is 2.97 bits per heavy atom. The Kier molecular flexibility index (Phi) is 6.18. The average Bonchev–Trinajstić information content (AvgIpc) is 3.39. The first-order chi connectivity index (χ1) is 14.7. The van der Waals surface area contributed by atoms with E-state index in [0.29, 0.717) is 13.1 Å². The van der Waals surface area contributed by atoms with Crippen LogP contribution in [-0.4, -0.2) is 55.8 Å². The third-order valence-electron chi connectivity index (χ3n) is 5.60. The third-order valence-corrected chi connectivity index (χ3v) is 5.60. The number of nitrogens with one attached hydrogen (secondary N) is 1. The lowest BCUT2D eigenvalue weighted by Crippen LogP contribution is -2.33. The number of benzene rings is 2. The molecule has 8 heteroatoms. The molecule has 4 rings (SSSR count). The zero-order valence-electron chi connectivity index (χ0n) is 16.6. The van der Waals surface area contributed by atoms with Gasteiger partial charge in [0.1, 0.15) is 5.52 Å². The van der Waals surface area contributed by atoms with Crippen molar-refractivity contribution >= 4 is 23.0 Å². The number of rotatable bonds is 8. The smallest absolute Gasteiger partial charge is 0.267 e. The maximum Gasteiger partial charge on any atom is 0.267 e. The molecule has 1 aromatic heterocycles. The number of hydroxylamine groups is 1. The van der Waals surface area contributed by atoms with Crippen LogP contribution in [0.25, 0.3) is 17.1 Å². The van der Waals surface area contributed by atoms with Crippen molar-refractivity contribution in [1.82, 2.24) is 25.4 Å². The first kappa shape index (κ1) is 20.2. The van der Waals surface area contributed by atoms with E-state index in [-0.39, 0.29) is 12.6 Å². The van der Waals surface area contributed by atoms with Gasteiger partial charge < -0.3 is 5.11 Å². The van der Waals surface area contributed by atoms with E-state index < -0.39 is 5.91 Å². The Balaban J connectivity index is 1.49. The van der Waals surface area contributed by atoms with Gasteiger partial charge in [-0.2, -0.15) is 0 Å². The number of aryl methyl sites for hydroxylation is 1. The van der Waals surface area contributed by atoms with E-state index >= 15 is 0 Å². The zero-order chi connectivity index (χ0) is 20.9. The van der Waals surface area contributed by atoms with Crippen LogP contribution in [0.1, 0.15) is 29.2 Å². The van der Waals surface area contributed by atoms with Gasteiger partial charge in [-0.05, 0) is 47.7 Å². The van der Waals surface area contributed by atoms with Crippen molar-refractivity contribution in [3.8, 4) is 0 Å². The Labute approximate surface area is 174 Å². The largest absolute Gasteiger partial charge is 0.395 e. The molecule has 0 fully saturated rings. The molecule has 3 aromatic rings. The Hall–Kier alpha value is -3.07. The summed E-state index contributed by atoms with van der Waals surface area (Å²) in [6.45, 7) is 2.15. The highest BCUT2D eigenvalue weighted by molar-refractivity contribution is 5.90. The van der Waals surface area contributed by atoms with Crippen LogP contribution in [0.2, 0.25) is 0 Å². The van der Waals surface area contributed by atoms with E-state index in [9.17, 15) is 9.90 Å². The van der Waals surface area contributed by atoms with E-state index in [1.54, 1.807) is 11.6 Å². The standard InChI is InChI=1S/C22H25N5O3/c28-14-13-26(11-12-27-21-4-2-1-3-19(21)23-25-27)20-9-7-17-15-16(5-8-18(17)20)6-10-22(29)24-30/h1-6,8,10,15,20,28,30H,7,9,11-14H2,(H,24,29). The molecule has 1 heterocycles. The topological polar surface area (TPSA) is 104 Å². The Morgan fingerprint density at radius 1 is 1.27 bits per heavy atom. The molecule has 0 spiro atoms. The van der Waals surface area contributed by atoms with E-state index in [0.717, 1.165) is 36.0 Å². The molecule has 0 saturated heterocycles. The number of hydrogen-bond acceptors (Lipinski definition) is 6. The molecule has 156 valence electrons. The molecule has 30 heavy (non-hydrogen) atoms. The summed E-state index contributed by atoms with van der Waals surface area (Å²) >= 11 is 0. The van der Waals surface area contributed by atoms with E-state index in [4.69, 9.17) is 5.21 Å². The normalized spacial score (nSPS) is 15.9. The maximum absolute atomic E-state index is 11.2. The highest BCUT2D eigenvalue weighted by atomic mass is 16.5. The van der Waals surface area contributed by atoms with Crippen LogP contribution in [0.5, 0.6) is 0 Å². The number of nitrogens with zero attached hydrogens (tertiary/aromatic N) is 4. The summed E-state index contributed by atoms with van der Waals surface area (Å²) in [7, 11) is 0. The van der Waals surface area contributed by atoms with Gasteiger partial charge in [0, 0.05) is 25.2 Å². The molecule has 1 amide bonds. The van der Waals surface area contributed by atoms with Gasteiger partial charge in [0.2, 0.25) is 0 Å². The number of aliphatic hydroxyl groups excluding tert-OH is 1. The lowest BCUT2D eigenvalue weighted by atomic mass is 10.0. The molecule has 1 unspecified atom stereocenters. The molecule has 1 aliphatic carbocycles. The van der Waals surface area contributed by atoms with Crippen LogP contribution in [0.3, 0.4) is 0 Å². The lowest BCUT2D eigenvalue weighted by Gasteiger charge is -2.29.